The van der Waals surface area contributed by atoms with Gasteiger partial charge < -0.3 is 5.11 Å². The molecule has 0 atom stereocenters. The molecule has 0 saturated heterocycles. The standard InChI is InChI=1S/C24H26ClNO2/c1-24(2,3)20-13-10-18(11-14-20)9-12-19(15-16-26(4)17-23(27)28)21-7-5-6-8-22(21)25/h5-8,10-11,13-15H,16-17H2,1-4H3,(H,27,28)/b19-15-. The SMILES string of the molecule is CN(C/C=C(/C#Cc1ccc(C(C)(C)C)cc1)c1ccccc1Cl)CC(=O)O. The number of carboxylic acids is 1. The molecule has 0 aliphatic heterocycles. The molecule has 1 N–H and O–H groups in total. The quantitative estimate of drug-likeness (QED) is 0.717. The number of hydrogen-bond donors (Lipinski definition) is 1. The van der Waals surface area contributed by atoms with Crippen molar-refractivity contribution in [1.29, 1.82) is 0 Å². The first-order valence-electron chi connectivity index (χ1n) is 9.15. The van der Waals surface area contributed by atoms with Crippen molar-refractivity contribution in [3.05, 3.63) is 76.3 Å². The minimum atomic E-state index is -0.861. The molecule has 0 saturated carbocycles. The molecule has 0 aromatic heterocycles. The molecular formula is C24H26ClNO2. The number of likely N-dealkylation sites (N-methyl/N-ethyl adjacent to an activating group) is 1. The van der Waals surface area contributed by atoms with Gasteiger partial charge in [-0.3, -0.25) is 9.69 Å². The number of benzene rings is 2. The number of carbonyl (C=O) groups is 1. The third-order valence-electron chi connectivity index (χ3n) is 4.27. The van der Waals surface area contributed by atoms with E-state index in [0.717, 1.165) is 16.7 Å². The highest BCUT2D eigenvalue weighted by Crippen LogP contribution is 2.24. The van der Waals surface area contributed by atoms with E-state index in [2.05, 4.69) is 44.7 Å². The molecule has 2 aromatic rings. The molecule has 0 bridgehead atoms. The molecule has 28 heavy (non-hydrogen) atoms. The van der Waals surface area contributed by atoms with Crippen molar-refractivity contribution < 1.29 is 9.90 Å². The van der Waals surface area contributed by atoms with Crippen molar-refractivity contribution in [2.75, 3.05) is 20.1 Å². The second kappa shape index (κ2) is 9.59. The van der Waals surface area contributed by atoms with Gasteiger partial charge in [-0.2, -0.15) is 0 Å². The number of rotatable bonds is 5. The van der Waals surface area contributed by atoms with E-state index in [0.29, 0.717) is 11.6 Å². The Bertz CT molecular complexity index is 912. The third-order valence-corrected chi connectivity index (χ3v) is 4.60. The first kappa shape index (κ1) is 21.8. The number of nitrogens with zero attached hydrogens (tertiary/aromatic N) is 1. The first-order chi connectivity index (χ1) is 13.2. The highest BCUT2D eigenvalue weighted by Gasteiger charge is 2.12. The molecule has 0 heterocycles. The largest absolute Gasteiger partial charge is 0.480 e. The molecular weight excluding hydrogens is 370 g/mol. The Labute approximate surface area is 172 Å². The number of aliphatic carboxylic acids is 1. The average molecular weight is 396 g/mol. The van der Waals surface area contributed by atoms with Gasteiger partial charge in [-0.1, -0.05) is 80.6 Å². The number of hydrogen-bond acceptors (Lipinski definition) is 2. The maximum atomic E-state index is 10.9. The van der Waals surface area contributed by atoms with Crippen LogP contribution in [0.3, 0.4) is 0 Å². The Morgan fingerprint density at radius 1 is 1.14 bits per heavy atom. The summed E-state index contributed by atoms with van der Waals surface area (Å²) >= 11 is 6.36. The van der Waals surface area contributed by atoms with Gasteiger partial charge in [-0.15, -0.1) is 0 Å². The zero-order valence-electron chi connectivity index (χ0n) is 16.8. The van der Waals surface area contributed by atoms with Crippen LogP contribution < -0.4 is 0 Å². The van der Waals surface area contributed by atoms with Gasteiger partial charge in [0, 0.05) is 28.3 Å². The Morgan fingerprint density at radius 2 is 1.79 bits per heavy atom. The summed E-state index contributed by atoms with van der Waals surface area (Å²) in [6.45, 7) is 6.97. The number of carboxylic acid groups (broad SMARTS) is 1. The van der Waals surface area contributed by atoms with Crippen molar-refractivity contribution in [3.63, 3.8) is 0 Å². The van der Waals surface area contributed by atoms with Crippen LogP contribution in [0.4, 0.5) is 0 Å². The van der Waals surface area contributed by atoms with E-state index in [4.69, 9.17) is 16.7 Å². The monoisotopic (exact) mass is 395 g/mol. The highest BCUT2D eigenvalue weighted by molar-refractivity contribution is 6.32. The average Bonchev–Trinajstić information content (AvgIpc) is 2.62. The molecule has 0 spiro atoms. The zero-order valence-corrected chi connectivity index (χ0v) is 17.5. The Kier molecular flexibility index (Phi) is 7.45. The van der Waals surface area contributed by atoms with E-state index in [9.17, 15) is 4.79 Å². The fourth-order valence-corrected chi connectivity index (χ4v) is 2.88. The van der Waals surface area contributed by atoms with Gasteiger partial charge >= 0.3 is 5.97 Å². The summed E-state index contributed by atoms with van der Waals surface area (Å²) in [5.41, 5.74) is 3.90. The van der Waals surface area contributed by atoms with Gasteiger partial charge in [0.05, 0.1) is 6.54 Å². The van der Waals surface area contributed by atoms with Crippen LogP contribution >= 0.6 is 11.6 Å². The van der Waals surface area contributed by atoms with Crippen molar-refractivity contribution in [2.24, 2.45) is 0 Å². The Balaban J connectivity index is 2.32. The molecule has 146 valence electrons. The van der Waals surface area contributed by atoms with E-state index in [-0.39, 0.29) is 12.0 Å². The van der Waals surface area contributed by atoms with E-state index < -0.39 is 5.97 Å². The van der Waals surface area contributed by atoms with Crippen LogP contribution in [-0.4, -0.2) is 36.1 Å². The van der Waals surface area contributed by atoms with Gasteiger partial charge in [0.2, 0.25) is 0 Å². The lowest BCUT2D eigenvalue weighted by Crippen LogP contribution is -2.25. The summed E-state index contributed by atoms with van der Waals surface area (Å²) in [5, 5.41) is 9.55. The van der Waals surface area contributed by atoms with E-state index >= 15 is 0 Å². The Hall–Kier alpha value is -2.54. The summed E-state index contributed by atoms with van der Waals surface area (Å²) in [6, 6.07) is 15.8. The van der Waals surface area contributed by atoms with Crippen molar-refractivity contribution in [1.82, 2.24) is 4.90 Å². The fraction of sp³-hybridized carbons (Fsp3) is 0.292. The van der Waals surface area contributed by atoms with Crippen molar-refractivity contribution >= 4 is 23.1 Å². The second-order valence-electron chi connectivity index (χ2n) is 7.77. The molecule has 0 unspecified atom stereocenters. The second-order valence-corrected chi connectivity index (χ2v) is 8.17. The summed E-state index contributed by atoms with van der Waals surface area (Å²) in [6.07, 6.45) is 1.92. The number of halogens is 1. The van der Waals surface area contributed by atoms with Gasteiger partial charge in [-0.05, 0) is 36.2 Å². The minimum absolute atomic E-state index is 0.0337. The van der Waals surface area contributed by atoms with E-state index in [1.54, 1.807) is 11.9 Å². The lowest BCUT2D eigenvalue weighted by atomic mass is 9.87. The Morgan fingerprint density at radius 3 is 2.36 bits per heavy atom. The summed E-state index contributed by atoms with van der Waals surface area (Å²) in [4.78, 5) is 12.6. The summed E-state index contributed by atoms with van der Waals surface area (Å²) in [7, 11) is 1.76. The van der Waals surface area contributed by atoms with Crippen LogP contribution in [0.2, 0.25) is 5.02 Å². The molecule has 3 nitrogen and oxygen atoms in total. The van der Waals surface area contributed by atoms with Crippen LogP contribution in [0.5, 0.6) is 0 Å². The van der Waals surface area contributed by atoms with Gasteiger partial charge in [0.25, 0.3) is 0 Å². The lowest BCUT2D eigenvalue weighted by molar-refractivity contribution is -0.137. The maximum absolute atomic E-state index is 10.9. The summed E-state index contributed by atoms with van der Waals surface area (Å²) in [5.74, 6) is 5.55. The lowest BCUT2D eigenvalue weighted by Gasteiger charge is -2.18. The molecule has 2 rings (SSSR count). The third kappa shape index (κ3) is 6.56. The van der Waals surface area contributed by atoms with Crippen molar-refractivity contribution in [2.45, 2.75) is 26.2 Å². The molecule has 0 radical (unpaired) electrons. The van der Waals surface area contributed by atoms with Crippen LogP contribution in [0.15, 0.2) is 54.6 Å². The molecule has 0 amide bonds. The summed E-state index contributed by atoms with van der Waals surface area (Å²) < 4.78 is 0. The molecule has 0 fully saturated rings. The maximum Gasteiger partial charge on any atom is 0.317 e. The van der Waals surface area contributed by atoms with Crippen LogP contribution in [0, 0.1) is 11.8 Å². The molecule has 0 aliphatic carbocycles. The predicted octanol–water partition coefficient (Wildman–Crippen LogP) is 5.09. The zero-order chi connectivity index (χ0) is 20.7. The molecule has 0 aliphatic rings. The first-order valence-corrected chi connectivity index (χ1v) is 9.52. The van der Waals surface area contributed by atoms with Gasteiger partial charge in [0.15, 0.2) is 0 Å². The van der Waals surface area contributed by atoms with Crippen LogP contribution in [-0.2, 0) is 10.2 Å². The highest BCUT2D eigenvalue weighted by atomic mass is 35.5. The number of allylic oxidation sites excluding steroid dienone is 1. The smallest absolute Gasteiger partial charge is 0.317 e. The predicted molar refractivity (Wildman–Crippen MR) is 117 cm³/mol. The molecule has 4 heteroatoms. The van der Waals surface area contributed by atoms with Crippen LogP contribution in [0.25, 0.3) is 5.57 Å². The minimum Gasteiger partial charge on any atom is -0.480 e. The fourth-order valence-electron chi connectivity index (χ4n) is 2.64. The molecule has 2 aromatic carbocycles. The van der Waals surface area contributed by atoms with Crippen molar-refractivity contribution in [3.8, 4) is 11.8 Å². The van der Waals surface area contributed by atoms with Gasteiger partial charge in [0.1, 0.15) is 0 Å². The van der Waals surface area contributed by atoms with Crippen LogP contribution in [0.1, 0.15) is 37.5 Å². The van der Waals surface area contributed by atoms with E-state index in [1.165, 1.54) is 5.56 Å². The normalized spacial score (nSPS) is 11.9. The van der Waals surface area contributed by atoms with E-state index in [1.807, 2.05) is 42.5 Å². The topological polar surface area (TPSA) is 40.5 Å². The van der Waals surface area contributed by atoms with Gasteiger partial charge in [-0.25, -0.2) is 0 Å².